The molecule has 0 aliphatic heterocycles. The smallest absolute Gasteiger partial charge is 0.226 e. The van der Waals surface area contributed by atoms with Crippen molar-refractivity contribution in [2.75, 3.05) is 0 Å². The van der Waals surface area contributed by atoms with Crippen LogP contribution in [-0.4, -0.2) is 18.0 Å². The summed E-state index contributed by atoms with van der Waals surface area (Å²) in [6, 6.07) is 13.7. The van der Waals surface area contributed by atoms with Gasteiger partial charge in [0.15, 0.2) is 0 Å². The Balaban J connectivity index is 1.45. The highest BCUT2D eigenvalue weighted by atomic mass is 16.2. The summed E-state index contributed by atoms with van der Waals surface area (Å²) in [6.07, 6.45) is 10.7. The zero-order valence-corrected chi connectivity index (χ0v) is 17.1. The second-order valence-corrected chi connectivity index (χ2v) is 10.2. The Morgan fingerprint density at radius 1 is 1.07 bits per heavy atom. The standard InChI is InChI=1S/C25H31N3O/c26-11-10-22-17-12-24(19-4-2-1-3-5-19)13-18(22)15-25(14-17,16-24)23(29)28-21-8-6-20(27)7-9-21/h1-5,10,17-18,20-21H,6-9,12-16,27H2,(H,28,29). The van der Waals surface area contributed by atoms with Crippen LogP contribution < -0.4 is 11.1 Å². The largest absolute Gasteiger partial charge is 0.353 e. The van der Waals surface area contributed by atoms with E-state index in [-0.39, 0.29) is 22.8 Å². The van der Waals surface area contributed by atoms with Crippen molar-refractivity contribution in [3.8, 4) is 6.07 Å². The van der Waals surface area contributed by atoms with Gasteiger partial charge in [-0.1, -0.05) is 35.9 Å². The first kappa shape index (κ1) is 18.9. The minimum Gasteiger partial charge on any atom is -0.353 e. The van der Waals surface area contributed by atoms with E-state index in [1.165, 1.54) is 11.1 Å². The quantitative estimate of drug-likeness (QED) is 0.768. The van der Waals surface area contributed by atoms with Gasteiger partial charge in [-0.15, -0.1) is 0 Å². The average Bonchev–Trinajstić information content (AvgIpc) is 2.72. The third kappa shape index (κ3) is 3.11. The number of nitriles is 1. The maximum atomic E-state index is 13.7. The maximum Gasteiger partial charge on any atom is 0.226 e. The van der Waals surface area contributed by atoms with Crippen LogP contribution in [0.25, 0.3) is 0 Å². The van der Waals surface area contributed by atoms with Gasteiger partial charge in [0, 0.05) is 18.2 Å². The topological polar surface area (TPSA) is 78.9 Å². The average molecular weight is 390 g/mol. The number of amides is 1. The molecule has 1 amide bonds. The van der Waals surface area contributed by atoms with Gasteiger partial charge in [0.2, 0.25) is 5.91 Å². The van der Waals surface area contributed by atoms with Gasteiger partial charge in [-0.2, -0.15) is 5.26 Å². The van der Waals surface area contributed by atoms with Crippen molar-refractivity contribution < 1.29 is 4.79 Å². The molecular weight excluding hydrogens is 358 g/mol. The van der Waals surface area contributed by atoms with Crippen molar-refractivity contribution in [3.63, 3.8) is 0 Å². The number of rotatable bonds is 3. The summed E-state index contributed by atoms with van der Waals surface area (Å²) in [4.78, 5) is 13.7. The molecule has 0 heterocycles. The summed E-state index contributed by atoms with van der Waals surface area (Å²) in [6.45, 7) is 0. The molecule has 4 bridgehead atoms. The molecule has 1 aromatic rings. The fourth-order valence-corrected chi connectivity index (χ4v) is 7.25. The second kappa shape index (κ2) is 6.99. The first-order chi connectivity index (χ1) is 14.0. The molecule has 5 saturated carbocycles. The molecule has 0 spiro atoms. The Kier molecular flexibility index (Phi) is 4.55. The number of hydrogen-bond acceptors (Lipinski definition) is 3. The van der Waals surface area contributed by atoms with Crippen LogP contribution >= 0.6 is 0 Å². The number of carbonyl (C=O) groups excluding carboxylic acids is 1. The van der Waals surface area contributed by atoms with E-state index in [9.17, 15) is 10.1 Å². The second-order valence-electron chi connectivity index (χ2n) is 10.2. The molecule has 0 saturated heterocycles. The van der Waals surface area contributed by atoms with Crippen LogP contribution in [0.4, 0.5) is 0 Å². The van der Waals surface area contributed by atoms with E-state index >= 15 is 0 Å². The molecule has 5 aliphatic rings. The van der Waals surface area contributed by atoms with Crippen LogP contribution in [0.1, 0.15) is 63.4 Å². The predicted molar refractivity (Wildman–Crippen MR) is 113 cm³/mol. The van der Waals surface area contributed by atoms with E-state index in [0.29, 0.717) is 17.9 Å². The van der Waals surface area contributed by atoms with E-state index in [1.54, 1.807) is 6.08 Å². The fourth-order valence-electron chi connectivity index (χ4n) is 7.25. The zero-order valence-electron chi connectivity index (χ0n) is 17.1. The molecule has 152 valence electrons. The Morgan fingerprint density at radius 3 is 2.34 bits per heavy atom. The van der Waals surface area contributed by atoms with Crippen LogP contribution in [0.3, 0.4) is 0 Å². The lowest BCUT2D eigenvalue weighted by molar-refractivity contribution is -0.145. The number of nitrogens with one attached hydrogen (secondary N) is 1. The van der Waals surface area contributed by atoms with E-state index < -0.39 is 0 Å². The van der Waals surface area contributed by atoms with Crippen molar-refractivity contribution in [3.05, 3.63) is 47.5 Å². The summed E-state index contributed by atoms with van der Waals surface area (Å²) in [5.74, 6) is 0.993. The molecular formula is C25H31N3O. The highest BCUT2D eigenvalue weighted by Crippen LogP contribution is 2.67. The molecule has 1 aromatic carbocycles. The van der Waals surface area contributed by atoms with Crippen molar-refractivity contribution in [1.82, 2.24) is 5.32 Å². The van der Waals surface area contributed by atoms with Crippen LogP contribution in [0.5, 0.6) is 0 Å². The molecule has 6 rings (SSSR count). The van der Waals surface area contributed by atoms with Crippen molar-refractivity contribution >= 4 is 5.91 Å². The summed E-state index contributed by atoms with van der Waals surface area (Å²) >= 11 is 0. The molecule has 3 N–H and O–H groups in total. The number of allylic oxidation sites excluding steroid dienone is 2. The number of carbonyl (C=O) groups is 1. The normalized spacial score (nSPS) is 40.3. The van der Waals surface area contributed by atoms with Gasteiger partial charge in [0.25, 0.3) is 0 Å². The molecule has 5 fully saturated rings. The van der Waals surface area contributed by atoms with Crippen molar-refractivity contribution in [2.24, 2.45) is 23.0 Å². The molecule has 5 aliphatic carbocycles. The van der Waals surface area contributed by atoms with Gasteiger partial charge in [-0.25, -0.2) is 0 Å². The third-order valence-electron chi connectivity index (χ3n) is 8.37. The van der Waals surface area contributed by atoms with Crippen molar-refractivity contribution in [2.45, 2.75) is 75.3 Å². The number of nitrogens with zero attached hydrogens (tertiary/aromatic N) is 1. The summed E-state index contributed by atoms with van der Waals surface area (Å²) < 4.78 is 0. The molecule has 2 unspecified atom stereocenters. The molecule has 29 heavy (non-hydrogen) atoms. The van der Waals surface area contributed by atoms with E-state index in [2.05, 4.69) is 41.7 Å². The van der Waals surface area contributed by atoms with Crippen LogP contribution in [0.15, 0.2) is 42.0 Å². The summed E-state index contributed by atoms with van der Waals surface area (Å²) in [5, 5.41) is 12.8. The maximum absolute atomic E-state index is 13.7. The molecule has 4 nitrogen and oxygen atoms in total. The number of benzene rings is 1. The van der Waals surface area contributed by atoms with Crippen LogP contribution in [-0.2, 0) is 10.2 Å². The molecule has 0 radical (unpaired) electrons. The highest BCUT2D eigenvalue weighted by molar-refractivity contribution is 5.84. The Hall–Kier alpha value is -2.12. The first-order valence-electron chi connectivity index (χ1n) is 11.3. The van der Waals surface area contributed by atoms with Crippen LogP contribution in [0.2, 0.25) is 0 Å². The van der Waals surface area contributed by atoms with Gasteiger partial charge >= 0.3 is 0 Å². The van der Waals surface area contributed by atoms with E-state index in [1.807, 2.05) is 0 Å². The minimum absolute atomic E-state index is 0.0755. The molecule has 2 atom stereocenters. The molecule has 4 heteroatoms. The summed E-state index contributed by atoms with van der Waals surface area (Å²) in [5.41, 5.74) is 8.54. The van der Waals surface area contributed by atoms with Gasteiger partial charge in [0.1, 0.15) is 0 Å². The number of nitrogens with two attached hydrogens (primary N) is 1. The SMILES string of the molecule is N#CC=C1C2CC3(C(=O)NC4CCC(N)CC4)CC1CC(c1ccccc1)(C2)C3. The zero-order chi connectivity index (χ0) is 20.1. The monoisotopic (exact) mass is 389 g/mol. The third-order valence-corrected chi connectivity index (χ3v) is 8.37. The van der Waals surface area contributed by atoms with Gasteiger partial charge < -0.3 is 11.1 Å². The lowest BCUT2D eigenvalue weighted by atomic mass is 9.41. The Morgan fingerprint density at radius 2 is 1.72 bits per heavy atom. The minimum atomic E-state index is -0.284. The first-order valence-corrected chi connectivity index (χ1v) is 11.3. The van der Waals surface area contributed by atoms with E-state index in [0.717, 1.165) is 57.8 Å². The lowest BCUT2D eigenvalue weighted by Crippen LogP contribution is -2.60. The van der Waals surface area contributed by atoms with Gasteiger partial charge in [-0.05, 0) is 80.6 Å². The highest BCUT2D eigenvalue weighted by Gasteiger charge is 2.62. The van der Waals surface area contributed by atoms with E-state index in [4.69, 9.17) is 5.73 Å². The fraction of sp³-hybridized carbons (Fsp3) is 0.600. The van der Waals surface area contributed by atoms with Crippen LogP contribution in [0, 0.1) is 28.6 Å². The predicted octanol–water partition coefficient (Wildman–Crippen LogP) is 3.97. The van der Waals surface area contributed by atoms with Gasteiger partial charge in [0.05, 0.1) is 11.5 Å². The van der Waals surface area contributed by atoms with Gasteiger partial charge in [-0.3, -0.25) is 4.79 Å². The lowest BCUT2D eigenvalue weighted by Gasteiger charge is -2.62. The Bertz CT molecular complexity index is 842. The summed E-state index contributed by atoms with van der Waals surface area (Å²) in [7, 11) is 0. The Labute approximate surface area is 173 Å². The van der Waals surface area contributed by atoms with Crippen molar-refractivity contribution in [1.29, 1.82) is 5.26 Å². The number of hydrogen-bond donors (Lipinski definition) is 2. The molecule has 0 aromatic heterocycles.